The van der Waals surface area contributed by atoms with Gasteiger partial charge in [0.2, 0.25) is 0 Å². The molecule has 8 aromatic carbocycles. The summed E-state index contributed by atoms with van der Waals surface area (Å²) in [5.74, 6) is 0. The van der Waals surface area contributed by atoms with Gasteiger partial charge in [-0.15, -0.1) is 0 Å². The quantitative estimate of drug-likeness (QED) is 0.130. The van der Waals surface area contributed by atoms with Crippen LogP contribution < -0.4 is 25.6 Å². The van der Waals surface area contributed by atoms with Crippen molar-refractivity contribution in [2.45, 2.75) is 0 Å². The molecule has 0 aliphatic heterocycles. The van der Waals surface area contributed by atoms with E-state index < -0.39 is 8.07 Å². The fourth-order valence-corrected chi connectivity index (χ4v) is 11.7. The topological polar surface area (TPSA) is 3.24 Å². The summed E-state index contributed by atoms with van der Waals surface area (Å²) in [6, 6.07) is 73.4. The van der Waals surface area contributed by atoms with Crippen LogP contribution >= 0.6 is 0 Å². The highest BCUT2D eigenvalue weighted by atomic mass is 28.3. The van der Waals surface area contributed by atoms with Crippen LogP contribution in [0.25, 0.3) is 21.5 Å². The maximum atomic E-state index is 2.39. The predicted octanol–water partition coefficient (Wildman–Crippen LogP) is 8.84. The van der Waals surface area contributed by atoms with Crippen LogP contribution in [0, 0.1) is 0 Å². The molecule has 0 heterocycles. The molecule has 0 saturated carbocycles. The third kappa shape index (κ3) is 4.90. The molecule has 0 aliphatic rings. The number of hydrogen-bond donors (Lipinski definition) is 0. The molecule has 0 radical (unpaired) electrons. The summed E-state index contributed by atoms with van der Waals surface area (Å²) in [6.45, 7) is 0. The molecule has 2 heteroatoms. The first-order chi connectivity index (χ1) is 22.8. The van der Waals surface area contributed by atoms with Crippen LogP contribution in [-0.4, -0.2) is 8.07 Å². The van der Waals surface area contributed by atoms with Gasteiger partial charge in [0.25, 0.3) is 0 Å². The van der Waals surface area contributed by atoms with E-state index in [1.54, 1.807) is 0 Å². The van der Waals surface area contributed by atoms with Crippen LogP contribution in [0.1, 0.15) is 0 Å². The van der Waals surface area contributed by atoms with Crippen LogP contribution in [0.5, 0.6) is 0 Å². The fraction of sp³-hybridized carbons (Fsp3) is 0. The minimum Gasteiger partial charge on any atom is -0.310 e. The Labute approximate surface area is 271 Å². The number of hydrogen-bond acceptors (Lipinski definition) is 1. The number of rotatable bonds is 7. The summed E-state index contributed by atoms with van der Waals surface area (Å²) in [4.78, 5) is 2.39. The lowest BCUT2D eigenvalue weighted by molar-refractivity contribution is 1.30. The average Bonchev–Trinajstić information content (AvgIpc) is 3.14. The van der Waals surface area contributed by atoms with Crippen LogP contribution in [0.15, 0.2) is 200 Å². The van der Waals surface area contributed by atoms with E-state index in [1.165, 1.54) is 42.3 Å². The second-order valence-electron chi connectivity index (χ2n) is 11.8. The van der Waals surface area contributed by atoms with Crippen molar-refractivity contribution in [1.82, 2.24) is 0 Å². The Hall–Kier alpha value is -5.70. The second-order valence-corrected chi connectivity index (χ2v) is 15.6. The van der Waals surface area contributed by atoms with Gasteiger partial charge in [0.1, 0.15) is 0 Å². The molecule has 0 fully saturated rings. The fourth-order valence-electron chi connectivity index (χ4n) is 7.00. The first-order valence-electron chi connectivity index (χ1n) is 15.9. The highest BCUT2D eigenvalue weighted by Crippen LogP contribution is 2.37. The molecule has 0 saturated heterocycles. The van der Waals surface area contributed by atoms with Gasteiger partial charge in [-0.3, -0.25) is 0 Å². The van der Waals surface area contributed by atoms with Crippen molar-refractivity contribution in [2.75, 3.05) is 4.90 Å². The van der Waals surface area contributed by atoms with Gasteiger partial charge >= 0.3 is 0 Å². The molecule has 1 nitrogen and oxygen atoms in total. The van der Waals surface area contributed by atoms with Crippen molar-refractivity contribution in [1.29, 1.82) is 0 Å². The summed E-state index contributed by atoms with van der Waals surface area (Å²) < 4.78 is 0. The molecule has 0 amide bonds. The lowest BCUT2D eigenvalue weighted by atomic mass is 10.1. The van der Waals surface area contributed by atoms with E-state index in [2.05, 4.69) is 205 Å². The first kappa shape index (κ1) is 27.8. The molecule has 0 unspecified atom stereocenters. The third-order valence-electron chi connectivity index (χ3n) is 9.16. The average molecular weight is 604 g/mol. The van der Waals surface area contributed by atoms with Crippen molar-refractivity contribution in [2.24, 2.45) is 0 Å². The van der Waals surface area contributed by atoms with Crippen LogP contribution in [0.2, 0.25) is 0 Å². The third-order valence-corrected chi connectivity index (χ3v) is 14.0. The zero-order valence-electron chi connectivity index (χ0n) is 25.5. The molecule has 0 aromatic heterocycles. The molecule has 218 valence electrons. The van der Waals surface area contributed by atoms with Gasteiger partial charge in [0.15, 0.2) is 8.07 Å². The van der Waals surface area contributed by atoms with E-state index in [-0.39, 0.29) is 0 Å². The summed E-state index contributed by atoms with van der Waals surface area (Å²) in [7, 11) is -2.61. The van der Waals surface area contributed by atoms with E-state index in [0.29, 0.717) is 0 Å². The molecule has 0 atom stereocenters. The lowest BCUT2D eigenvalue weighted by Crippen LogP contribution is -2.74. The Kier molecular flexibility index (Phi) is 7.26. The minimum atomic E-state index is -2.61. The molecule has 0 N–H and O–H groups in total. The van der Waals surface area contributed by atoms with E-state index >= 15 is 0 Å². The Morgan fingerprint density at radius 2 is 0.587 bits per heavy atom. The van der Waals surface area contributed by atoms with Gasteiger partial charge in [0, 0.05) is 17.1 Å². The van der Waals surface area contributed by atoms with Gasteiger partial charge in [0.05, 0.1) is 0 Å². The van der Waals surface area contributed by atoms with E-state index in [0.717, 1.165) is 17.1 Å². The standard InChI is InChI=1S/C44H33NSi/c1-4-18-41(19-5-1)46(42-20-6-2-7-21-42,43-22-8-3-9-23-43)44-30-28-38(29-31-44)45(39-26-24-34-14-10-12-16-36(34)32-39)40-27-25-35-15-11-13-17-37(35)33-40/h1-33H. The van der Waals surface area contributed by atoms with Gasteiger partial charge in [-0.2, -0.15) is 0 Å². The number of fused-ring (bicyclic) bond motifs is 2. The zero-order valence-corrected chi connectivity index (χ0v) is 26.5. The summed E-state index contributed by atoms with van der Waals surface area (Å²) >= 11 is 0. The van der Waals surface area contributed by atoms with Crippen molar-refractivity contribution in [3.05, 3.63) is 200 Å². The molecule has 0 aliphatic carbocycles. The van der Waals surface area contributed by atoms with Gasteiger partial charge in [-0.25, -0.2) is 0 Å². The van der Waals surface area contributed by atoms with Gasteiger partial charge < -0.3 is 4.90 Å². The molecule has 8 aromatic rings. The highest BCUT2D eigenvalue weighted by molar-refractivity contribution is 7.19. The van der Waals surface area contributed by atoms with Crippen LogP contribution in [0.4, 0.5) is 17.1 Å². The van der Waals surface area contributed by atoms with Gasteiger partial charge in [-0.1, -0.05) is 164 Å². The Balaban J connectivity index is 1.33. The summed E-state index contributed by atoms with van der Waals surface area (Å²) in [6.07, 6.45) is 0. The van der Waals surface area contributed by atoms with Gasteiger partial charge in [-0.05, 0) is 78.7 Å². The molecule has 8 rings (SSSR count). The largest absolute Gasteiger partial charge is 0.310 e. The Morgan fingerprint density at radius 1 is 0.261 bits per heavy atom. The molecule has 0 spiro atoms. The SMILES string of the molecule is c1ccc([Si](c2ccccc2)(c2ccccc2)c2ccc(N(c3ccc4ccccc4c3)c3ccc4ccccc4c3)cc2)cc1. The Morgan fingerprint density at radius 3 is 1.00 bits per heavy atom. The van der Waals surface area contributed by atoms with E-state index in [1.807, 2.05) is 0 Å². The van der Waals surface area contributed by atoms with Crippen molar-refractivity contribution in [3.63, 3.8) is 0 Å². The van der Waals surface area contributed by atoms with Crippen molar-refractivity contribution >= 4 is 67.4 Å². The second kappa shape index (κ2) is 12.0. The smallest absolute Gasteiger partial charge is 0.179 e. The van der Waals surface area contributed by atoms with Crippen LogP contribution in [0.3, 0.4) is 0 Å². The van der Waals surface area contributed by atoms with Crippen molar-refractivity contribution in [3.8, 4) is 0 Å². The number of nitrogens with zero attached hydrogens (tertiary/aromatic N) is 1. The van der Waals surface area contributed by atoms with E-state index in [4.69, 9.17) is 0 Å². The summed E-state index contributed by atoms with van der Waals surface area (Å²) in [5, 5.41) is 10.4. The predicted molar refractivity (Wildman–Crippen MR) is 200 cm³/mol. The molecular weight excluding hydrogens is 571 g/mol. The number of benzene rings is 8. The van der Waals surface area contributed by atoms with Crippen LogP contribution in [-0.2, 0) is 0 Å². The minimum absolute atomic E-state index is 1.13. The number of anilines is 3. The highest BCUT2D eigenvalue weighted by Gasteiger charge is 2.41. The van der Waals surface area contributed by atoms with Crippen molar-refractivity contribution < 1.29 is 0 Å². The maximum absolute atomic E-state index is 2.61. The molecular formula is C44H33NSi. The first-order valence-corrected chi connectivity index (χ1v) is 17.9. The molecule has 46 heavy (non-hydrogen) atoms. The van der Waals surface area contributed by atoms with E-state index in [9.17, 15) is 0 Å². The Bertz CT molecular complexity index is 2070. The normalized spacial score (nSPS) is 11.5. The monoisotopic (exact) mass is 603 g/mol. The summed E-state index contributed by atoms with van der Waals surface area (Å²) in [5.41, 5.74) is 3.41. The zero-order chi connectivity index (χ0) is 30.8. The lowest BCUT2D eigenvalue weighted by Gasteiger charge is -2.35. The maximum Gasteiger partial charge on any atom is 0.179 e. The molecule has 0 bridgehead atoms.